The fourth-order valence-corrected chi connectivity index (χ4v) is 2.79. The van der Waals surface area contributed by atoms with Crippen molar-refractivity contribution in [3.8, 4) is 0 Å². The Kier molecular flexibility index (Phi) is 2.84. The molecule has 0 aromatic carbocycles. The van der Waals surface area contributed by atoms with Crippen molar-refractivity contribution in [2.45, 2.75) is 38.6 Å². The number of fused-ring (bicyclic) bond motifs is 1. The van der Waals surface area contributed by atoms with E-state index < -0.39 is 11.5 Å². The summed E-state index contributed by atoms with van der Waals surface area (Å²) in [7, 11) is 0. The van der Waals surface area contributed by atoms with Crippen LogP contribution >= 0.6 is 0 Å². The van der Waals surface area contributed by atoms with Crippen LogP contribution in [0.25, 0.3) is 11.1 Å². The molecule has 7 nitrogen and oxygen atoms in total. The number of rotatable bonds is 2. The maximum atomic E-state index is 11.7. The Labute approximate surface area is 115 Å². The van der Waals surface area contributed by atoms with Gasteiger partial charge in [-0.2, -0.15) is 4.98 Å². The maximum Gasteiger partial charge on any atom is 0.329 e. The normalized spacial score (nSPS) is 23.2. The van der Waals surface area contributed by atoms with Gasteiger partial charge >= 0.3 is 5.97 Å². The highest BCUT2D eigenvalue weighted by atomic mass is 16.5. The van der Waals surface area contributed by atoms with Crippen molar-refractivity contribution in [3.05, 3.63) is 12.0 Å². The minimum atomic E-state index is -0.955. The molecule has 106 valence electrons. The second-order valence-electron chi connectivity index (χ2n) is 5.33. The van der Waals surface area contributed by atoms with E-state index in [0.29, 0.717) is 35.6 Å². The topological polar surface area (TPSA) is 92.4 Å². The van der Waals surface area contributed by atoms with E-state index in [-0.39, 0.29) is 0 Å². The quantitative estimate of drug-likeness (QED) is 0.893. The van der Waals surface area contributed by atoms with E-state index in [4.69, 9.17) is 4.52 Å². The summed E-state index contributed by atoms with van der Waals surface area (Å²) < 4.78 is 5.13. The van der Waals surface area contributed by atoms with Gasteiger partial charge in [-0.15, -0.1) is 0 Å². The summed E-state index contributed by atoms with van der Waals surface area (Å²) in [6, 6.07) is 0. The van der Waals surface area contributed by atoms with E-state index in [0.717, 1.165) is 12.8 Å². The molecule has 1 fully saturated rings. The third kappa shape index (κ3) is 1.73. The molecule has 0 bridgehead atoms. The first kappa shape index (κ1) is 12.8. The van der Waals surface area contributed by atoms with Gasteiger partial charge in [-0.3, -0.25) is 0 Å². The molecule has 0 saturated carbocycles. The van der Waals surface area contributed by atoms with Crippen LogP contribution in [0.5, 0.6) is 0 Å². The van der Waals surface area contributed by atoms with Crippen molar-refractivity contribution < 1.29 is 14.4 Å². The van der Waals surface area contributed by atoms with Gasteiger partial charge in [0.1, 0.15) is 23.1 Å². The summed E-state index contributed by atoms with van der Waals surface area (Å²) >= 11 is 0. The second-order valence-corrected chi connectivity index (χ2v) is 5.33. The molecule has 1 aliphatic heterocycles. The Bertz CT molecular complexity index is 669. The molecule has 1 aliphatic rings. The van der Waals surface area contributed by atoms with E-state index in [1.807, 2.05) is 4.90 Å². The first-order valence-corrected chi connectivity index (χ1v) is 6.62. The number of carboxylic acid groups (broad SMARTS) is 1. The van der Waals surface area contributed by atoms with Gasteiger partial charge < -0.3 is 14.5 Å². The third-order valence-corrected chi connectivity index (χ3v) is 4.03. The van der Waals surface area contributed by atoms with Crippen LogP contribution in [0.1, 0.15) is 31.9 Å². The fraction of sp³-hybridized carbons (Fsp3) is 0.538. The second kappa shape index (κ2) is 4.43. The van der Waals surface area contributed by atoms with E-state index in [2.05, 4.69) is 15.1 Å². The molecule has 2 aromatic rings. The predicted octanol–water partition coefficient (Wildman–Crippen LogP) is 1.76. The van der Waals surface area contributed by atoms with Crippen molar-refractivity contribution in [1.29, 1.82) is 0 Å². The molecule has 2 aromatic heterocycles. The van der Waals surface area contributed by atoms with E-state index >= 15 is 0 Å². The molecule has 20 heavy (non-hydrogen) atoms. The third-order valence-electron chi connectivity index (χ3n) is 4.03. The average Bonchev–Trinajstić information content (AvgIpc) is 2.81. The highest BCUT2D eigenvalue weighted by molar-refractivity contribution is 5.92. The van der Waals surface area contributed by atoms with Gasteiger partial charge in [0.25, 0.3) is 5.71 Å². The zero-order valence-electron chi connectivity index (χ0n) is 11.5. The zero-order valence-corrected chi connectivity index (χ0v) is 11.5. The van der Waals surface area contributed by atoms with E-state index in [1.165, 1.54) is 6.33 Å². The molecular weight excluding hydrogens is 260 g/mol. The molecule has 3 heterocycles. The first-order chi connectivity index (χ1) is 9.54. The van der Waals surface area contributed by atoms with Gasteiger partial charge in [0.2, 0.25) is 0 Å². The van der Waals surface area contributed by atoms with Gasteiger partial charge in [-0.25, -0.2) is 9.78 Å². The number of aliphatic carboxylic acids is 1. The van der Waals surface area contributed by atoms with Crippen LogP contribution in [-0.4, -0.2) is 38.3 Å². The van der Waals surface area contributed by atoms with Gasteiger partial charge in [0, 0.05) is 6.54 Å². The van der Waals surface area contributed by atoms with Crippen LogP contribution in [-0.2, 0) is 4.79 Å². The van der Waals surface area contributed by atoms with Crippen LogP contribution in [0.15, 0.2) is 10.9 Å². The molecule has 0 spiro atoms. The number of hydrogen-bond donors (Lipinski definition) is 1. The van der Waals surface area contributed by atoms with Gasteiger partial charge in [0.15, 0.2) is 0 Å². The Morgan fingerprint density at radius 2 is 2.25 bits per heavy atom. The Balaban J connectivity index is 2.18. The number of piperidine rings is 1. The van der Waals surface area contributed by atoms with Crippen molar-refractivity contribution in [2.75, 3.05) is 11.4 Å². The van der Waals surface area contributed by atoms with Crippen molar-refractivity contribution in [1.82, 2.24) is 15.1 Å². The lowest BCUT2D eigenvalue weighted by Gasteiger charge is -2.42. The van der Waals surface area contributed by atoms with Crippen LogP contribution in [0.3, 0.4) is 0 Å². The molecule has 0 aliphatic carbocycles. The molecule has 1 N–H and O–H groups in total. The number of carboxylic acids is 1. The summed E-state index contributed by atoms with van der Waals surface area (Å²) in [5.74, 6) is -0.239. The lowest BCUT2D eigenvalue weighted by molar-refractivity contribution is -0.143. The van der Waals surface area contributed by atoms with E-state index in [1.54, 1.807) is 13.8 Å². The number of aryl methyl sites for hydroxylation is 1. The van der Waals surface area contributed by atoms with Crippen LogP contribution in [0.2, 0.25) is 0 Å². The number of hydrogen-bond acceptors (Lipinski definition) is 6. The fourth-order valence-electron chi connectivity index (χ4n) is 2.79. The van der Waals surface area contributed by atoms with Crippen LogP contribution in [0.4, 0.5) is 5.82 Å². The smallest absolute Gasteiger partial charge is 0.329 e. The van der Waals surface area contributed by atoms with Crippen molar-refractivity contribution >= 4 is 22.9 Å². The molecule has 0 amide bonds. The highest BCUT2D eigenvalue weighted by Crippen LogP contribution is 2.36. The Hall–Kier alpha value is -2.18. The molecule has 1 saturated heterocycles. The number of carbonyl (C=O) groups is 1. The van der Waals surface area contributed by atoms with Crippen LogP contribution < -0.4 is 4.90 Å². The van der Waals surface area contributed by atoms with Crippen molar-refractivity contribution in [3.63, 3.8) is 0 Å². The Morgan fingerprint density at radius 3 is 3.00 bits per heavy atom. The largest absolute Gasteiger partial charge is 0.480 e. The lowest BCUT2D eigenvalue weighted by atomic mass is 9.88. The molecule has 0 radical (unpaired) electrons. The van der Waals surface area contributed by atoms with Gasteiger partial charge in [-0.05, 0) is 33.1 Å². The lowest BCUT2D eigenvalue weighted by Crippen LogP contribution is -2.55. The monoisotopic (exact) mass is 276 g/mol. The standard InChI is InChI=1S/C13H16N4O3/c1-8-9-10(14-7-15-11(9)20-16-8)17-6-4-3-5-13(17,2)12(18)19/h7H,3-6H2,1-2H3,(H,18,19). The molecule has 3 rings (SSSR count). The molecule has 1 unspecified atom stereocenters. The van der Waals surface area contributed by atoms with E-state index in [9.17, 15) is 9.90 Å². The SMILES string of the molecule is Cc1noc2ncnc(N3CCCCC3(C)C(=O)O)c12. The predicted molar refractivity (Wildman–Crippen MR) is 71.6 cm³/mol. The number of aromatic nitrogens is 3. The summed E-state index contributed by atoms with van der Waals surface area (Å²) in [6.07, 6.45) is 3.83. The zero-order chi connectivity index (χ0) is 14.3. The van der Waals surface area contributed by atoms with Gasteiger partial charge in [-0.1, -0.05) is 5.16 Å². The minimum Gasteiger partial charge on any atom is -0.480 e. The molecular formula is C13H16N4O3. The summed E-state index contributed by atoms with van der Waals surface area (Å²) in [4.78, 5) is 21.9. The number of nitrogens with zero attached hydrogens (tertiary/aromatic N) is 4. The maximum absolute atomic E-state index is 11.7. The van der Waals surface area contributed by atoms with Crippen molar-refractivity contribution in [2.24, 2.45) is 0 Å². The summed E-state index contributed by atoms with van der Waals surface area (Å²) in [5.41, 5.74) is 0.114. The first-order valence-electron chi connectivity index (χ1n) is 6.62. The molecule has 7 heteroatoms. The minimum absolute atomic E-state index is 0.394. The number of anilines is 1. The Morgan fingerprint density at radius 1 is 1.45 bits per heavy atom. The summed E-state index contributed by atoms with van der Waals surface area (Å²) in [5, 5.41) is 14.2. The van der Waals surface area contributed by atoms with Gasteiger partial charge in [0.05, 0.1) is 5.69 Å². The highest BCUT2D eigenvalue weighted by Gasteiger charge is 2.43. The summed E-state index contributed by atoms with van der Waals surface area (Å²) in [6.45, 7) is 4.20. The average molecular weight is 276 g/mol. The molecule has 1 atom stereocenters. The van der Waals surface area contributed by atoms with Crippen LogP contribution in [0, 0.1) is 6.92 Å².